The highest BCUT2D eigenvalue weighted by Crippen LogP contribution is 2.45. The minimum atomic E-state index is -0.224. The zero-order valence-electron chi connectivity index (χ0n) is 21.1. The predicted molar refractivity (Wildman–Crippen MR) is 132 cm³/mol. The van der Waals surface area contributed by atoms with Crippen LogP contribution in [0, 0.1) is 10.8 Å². The lowest BCUT2D eigenvalue weighted by molar-refractivity contribution is 0.124. The van der Waals surface area contributed by atoms with Crippen molar-refractivity contribution in [1.82, 2.24) is 0 Å². The topological polar surface area (TPSA) is 9.23 Å². The molecule has 2 aromatic rings. The van der Waals surface area contributed by atoms with Crippen LogP contribution in [-0.4, -0.2) is 5.60 Å². The Morgan fingerprint density at radius 2 is 1.40 bits per heavy atom. The first-order valence-corrected chi connectivity index (χ1v) is 11.6. The SMILES string of the molecule is CCC(c1cc(Cc2ccccc2)cc(CC(C)(C)C)c1OC(C)(C)C)C(C)(C)C. The van der Waals surface area contributed by atoms with Crippen LogP contribution >= 0.6 is 0 Å². The lowest BCUT2D eigenvalue weighted by atomic mass is 9.73. The Kier molecular flexibility index (Phi) is 7.49. The van der Waals surface area contributed by atoms with Gasteiger partial charge in [0.1, 0.15) is 11.4 Å². The summed E-state index contributed by atoms with van der Waals surface area (Å²) in [6.45, 7) is 22.8. The number of hydrogen-bond acceptors (Lipinski definition) is 1. The van der Waals surface area contributed by atoms with E-state index in [-0.39, 0.29) is 16.4 Å². The van der Waals surface area contributed by atoms with Crippen molar-refractivity contribution >= 4 is 0 Å². The van der Waals surface area contributed by atoms with Gasteiger partial charge in [-0.15, -0.1) is 0 Å². The Morgan fingerprint density at radius 3 is 1.87 bits per heavy atom. The molecule has 0 radical (unpaired) electrons. The molecule has 0 spiro atoms. The normalized spacial score (nSPS) is 13.9. The molecule has 0 aliphatic carbocycles. The molecule has 0 fully saturated rings. The van der Waals surface area contributed by atoms with Gasteiger partial charge in [0.25, 0.3) is 0 Å². The molecular formula is C29H44O. The van der Waals surface area contributed by atoms with E-state index in [9.17, 15) is 0 Å². The Morgan fingerprint density at radius 1 is 0.800 bits per heavy atom. The first-order chi connectivity index (χ1) is 13.7. The van der Waals surface area contributed by atoms with E-state index in [1.165, 1.54) is 22.3 Å². The molecule has 1 unspecified atom stereocenters. The molecule has 30 heavy (non-hydrogen) atoms. The molecular weight excluding hydrogens is 364 g/mol. The third-order valence-corrected chi connectivity index (χ3v) is 5.46. The van der Waals surface area contributed by atoms with Gasteiger partial charge >= 0.3 is 0 Å². The van der Waals surface area contributed by atoms with E-state index in [1.54, 1.807) is 0 Å². The van der Waals surface area contributed by atoms with Gasteiger partial charge in [0.05, 0.1) is 0 Å². The number of rotatable bonds is 6. The van der Waals surface area contributed by atoms with Crippen LogP contribution in [-0.2, 0) is 12.8 Å². The fraction of sp³-hybridized carbons (Fsp3) is 0.586. The lowest BCUT2D eigenvalue weighted by Crippen LogP contribution is -2.27. The molecule has 0 aliphatic heterocycles. The van der Waals surface area contributed by atoms with Crippen LogP contribution in [0.1, 0.15) is 104 Å². The molecule has 1 atom stereocenters. The van der Waals surface area contributed by atoms with E-state index < -0.39 is 0 Å². The molecule has 2 rings (SSSR count). The molecule has 0 amide bonds. The maximum atomic E-state index is 6.69. The maximum absolute atomic E-state index is 6.69. The van der Waals surface area contributed by atoms with Crippen LogP contribution in [0.3, 0.4) is 0 Å². The highest BCUT2D eigenvalue weighted by Gasteiger charge is 2.31. The van der Waals surface area contributed by atoms with Gasteiger partial charge < -0.3 is 4.74 Å². The van der Waals surface area contributed by atoms with Gasteiger partial charge in [0.2, 0.25) is 0 Å². The van der Waals surface area contributed by atoms with E-state index in [1.807, 2.05) is 0 Å². The second kappa shape index (κ2) is 9.16. The van der Waals surface area contributed by atoms with Crippen LogP contribution in [0.25, 0.3) is 0 Å². The quantitative estimate of drug-likeness (QED) is 0.465. The molecule has 1 nitrogen and oxygen atoms in total. The second-order valence-electron chi connectivity index (χ2n) is 12.1. The molecule has 1 heteroatoms. The fourth-order valence-electron chi connectivity index (χ4n) is 4.41. The Balaban J connectivity index is 2.71. The van der Waals surface area contributed by atoms with Crippen LogP contribution in [0.4, 0.5) is 0 Å². The van der Waals surface area contributed by atoms with Crippen molar-refractivity contribution in [3.63, 3.8) is 0 Å². The highest BCUT2D eigenvalue weighted by atomic mass is 16.5. The molecule has 0 aromatic heterocycles. The predicted octanol–water partition coefficient (Wildman–Crippen LogP) is 8.58. The first kappa shape index (κ1) is 24.5. The molecule has 0 heterocycles. The van der Waals surface area contributed by atoms with Gasteiger partial charge in [-0.1, -0.05) is 90.9 Å². The first-order valence-electron chi connectivity index (χ1n) is 11.6. The molecule has 0 bridgehead atoms. The van der Waals surface area contributed by atoms with Gasteiger partial charge in [0.15, 0.2) is 0 Å². The summed E-state index contributed by atoms with van der Waals surface area (Å²) in [7, 11) is 0. The molecule has 0 saturated carbocycles. The van der Waals surface area contributed by atoms with E-state index >= 15 is 0 Å². The van der Waals surface area contributed by atoms with Crippen LogP contribution < -0.4 is 4.74 Å². The van der Waals surface area contributed by atoms with Gasteiger partial charge in [-0.3, -0.25) is 0 Å². The van der Waals surface area contributed by atoms with Gasteiger partial charge in [-0.05, 0) is 79.0 Å². The Labute approximate surface area is 186 Å². The fourth-order valence-corrected chi connectivity index (χ4v) is 4.41. The standard InChI is InChI=1S/C29H44O/c1-11-25(28(5,6)7)24-19-22(17-21-15-13-12-14-16-21)18-23(20-27(2,3)4)26(24)30-29(8,9)10/h12-16,18-19,25H,11,17,20H2,1-10H3. The van der Waals surface area contributed by atoms with Crippen molar-refractivity contribution in [3.05, 3.63) is 64.7 Å². The molecule has 0 saturated heterocycles. The summed E-state index contributed by atoms with van der Waals surface area (Å²) in [5.41, 5.74) is 5.63. The van der Waals surface area contributed by atoms with Gasteiger partial charge in [0, 0.05) is 0 Å². The maximum Gasteiger partial charge on any atom is 0.126 e. The zero-order chi connectivity index (χ0) is 22.7. The van der Waals surface area contributed by atoms with E-state index in [0.717, 1.165) is 25.0 Å². The van der Waals surface area contributed by atoms with E-state index in [0.29, 0.717) is 5.92 Å². The summed E-state index contributed by atoms with van der Waals surface area (Å²) in [5.74, 6) is 1.57. The van der Waals surface area contributed by atoms with Crippen LogP contribution in [0.5, 0.6) is 5.75 Å². The summed E-state index contributed by atoms with van der Waals surface area (Å²) in [4.78, 5) is 0. The van der Waals surface area contributed by atoms with Crippen molar-refractivity contribution in [2.24, 2.45) is 10.8 Å². The summed E-state index contributed by atoms with van der Waals surface area (Å²) in [6.07, 6.45) is 3.07. The second-order valence-corrected chi connectivity index (χ2v) is 12.1. The number of hydrogen-bond donors (Lipinski definition) is 0. The van der Waals surface area contributed by atoms with E-state index in [2.05, 4.69) is 112 Å². The summed E-state index contributed by atoms with van der Waals surface area (Å²) in [6, 6.07) is 15.6. The lowest BCUT2D eigenvalue weighted by Gasteiger charge is -2.35. The van der Waals surface area contributed by atoms with E-state index in [4.69, 9.17) is 4.74 Å². The average molecular weight is 409 g/mol. The monoisotopic (exact) mass is 408 g/mol. The zero-order valence-corrected chi connectivity index (χ0v) is 21.1. The van der Waals surface area contributed by atoms with Crippen molar-refractivity contribution in [2.75, 3.05) is 0 Å². The van der Waals surface area contributed by atoms with Gasteiger partial charge in [-0.25, -0.2) is 0 Å². The highest BCUT2D eigenvalue weighted by molar-refractivity contribution is 5.49. The van der Waals surface area contributed by atoms with Gasteiger partial charge in [-0.2, -0.15) is 0 Å². The van der Waals surface area contributed by atoms with Crippen molar-refractivity contribution < 1.29 is 4.74 Å². The third-order valence-electron chi connectivity index (χ3n) is 5.46. The minimum absolute atomic E-state index is 0.176. The average Bonchev–Trinajstić information content (AvgIpc) is 2.55. The van der Waals surface area contributed by atoms with Crippen LogP contribution in [0.2, 0.25) is 0 Å². The minimum Gasteiger partial charge on any atom is -0.488 e. The van der Waals surface area contributed by atoms with Crippen LogP contribution in [0.15, 0.2) is 42.5 Å². The van der Waals surface area contributed by atoms with Crippen molar-refractivity contribution in [3.8, 4) is 5.75 Å². The molecule has 2 aromatic carbocycles. The van der Waals surface area contributed by atoms with Crippen molar-refractivity contribution in [1.29, 1.82) is 0 Å². The Bertz CT molecular complexity index is 810. The largest absolute Gasteiger partial charge is 0.488 e. The van der Waals surface area contributed by atoms with Crippen molar-refractivity contribution in [2.45, 2.75) is 100 Å². The number of benzene rings is 2. The molecule has 0 N–H and O–H groups in total. The Hall–Kier alpha value is -1.76. The third kappa shape index (κ3) is 7.18. The number of ether oxygens (including phenoxy) is 1. The molecule has 166 valence electrons. The summed E-state index contributed by atoms with van der Waals surface area (Å²) in [5, 5.41) is 0. The summed E-state index contributed by atoms with van der Waals surface area (Å²) >= 11 is 0. The smallest absolute Gasteiger partial charge is 0.126 e. The summed E-state index contributed by atoms with van der Waals surface area (Å²) < 4.78 is 6.69. The molecule has 0 aliphatic rings.